The summed E-state index contributed by atoms with van der Waals surface area (Å²) in [7, 11) is 0. The van der Waals surface area contributed by atoms with E-state index in [0.717, 1.165) is 12.1 Å². The molecule has 6 nitrogen and oxygen atoms in total. The third-order valence-corrected chi connectivity index (χ3v) is 6.87. The van der Waals surface area contributed by atoms with E-state index in [4.69, 9.17) is 27.9 Å². The van der Waals surface area contributed by atoms with Gasteiger partial charge in [-0.2, -0.15) is 13.2 Å². The fraction of sp³-hybridized carbons (Fsp3) is 0.346. The molecule has 0 atom stereocenters. The van der Waals surface area contributed by atoms with Crippen molar-refractivity contribution in [2.75, 3.05) is 0 Å². The van der Waals surface area contributed by atoms with Crippen LogP contribution >= 0.6 is 39.1 Å². The maximum atomic E-state index is 13.9. The summed E-state index contributed by atoms with van der Waals surface area (Å²) in [6.07, 6.45) is -3.56. The van der Waals surface area contributed by atoms with Gasteiger partial charge in [0, 0.05) is 20.1 Å². The topological polar surface area (TPSA) is 88.0 Å². The summed E-state index contributed by atoms with van der Waals surface area (Å²) in [4.78, 5) is 24.8. The number of alkyl carbamates (subject to hydrolysis) is 1. The molecule has 1 saturated carbocycles. The summed E-state index contributed by atoms with van der Waals surface area (Å²) in [5.74, 6) is -0.460. The zero-order valence-corrected chi connectivity index (χ0v) is 23.6. The molecule has 3 rings (SSSR count). The molecule has 0 spiro atoms. The number of carbonyl (C=O) groups is 2. The molecular weight excluding hydrogens is 612 g/mol. The Kier molecular flexibility index (Phi) is 8.90. The summed E-state index contributed by atoms with van der Waals surface area (Å²) in [5.41, 5.74) is -2.45. The molecule has 0 radical (unpaired) electrons. The monoisotopic (exact) mass is 634 g/mol. The number of nitrogens with zero attached hydrogens (tertiary/aromatic N) is 1. The van der Waals surface area contributed by atoms with Gasteiger partial charge in [-0.3, -0.25) is 10.1 Å². The highest BCUT2D eigenvalue weighted by molar-refractivity contribution is 9.10. The van der Waals surface area contributed by atoms with Crippen LogP contribution in [-0.4, -0.2) is 34.7 Å². The van der Waals surface area contributed by atoms with Crippen molar-refractivity contribution >= 4 is 62.4 Å². The number of halogens is 6. The minimum atomic E-state index is -4.80. The SMILES string of the molecule is CC(C)(C)OC(=O)NC(=O)C1(Cc2ccc(C(/C=C(/c3cc(Cl)cc(Cl)c3)C(F)(F)F)=N\O)cc2Br)CC1. The molecule has 0 aromatic heterocycles. The molecule has 2 aromatic carbocycles. The number of ether oxygens (including phenoxy) is 1. The number of oxime groups is 1. The fourth-order valence-corrected chi connectivity index (χ4v) is 4.77. The van der Waals surface area contributed by atoms with E-state index in [1.807, 2.05) is 0 Å². The van der Waals surface area contributed by atoms with E-state index in [1.165, 1.54) is 18.2 Å². The van der Waals surface area contributed by atoms with Crippen molar-refractivity contribution in [3.63, 3.8) is 0 Å². The second kappa shape index (κ2) is 11.3. The van der Waals surface area contributed by atoms with Gasteiger partial charge >= 0.3 is 12.3 Å². The van der Waals surface area contributed by atoms with Crippen molar-refractivity contribution in [1.82, 2.24) is 5.32 Å². The predicted octanol–water partition coefficient (Wildman–Crippen LogP) is 7.95. The third kappa shape index (κ3) is 7.74. The molecule has 0 saturated heterocycles. The van der Waals surface area contributed by atoms with Crippen LogP contribution in [0.15, 0.2) is 52.1 Å². The summed E-state index contributed by atoms with van der Waals surface area (Å²) in [5, 5.41) is 14.9. The first-order chi connectivity index (χ1) is 17.5. The maximum absolute atomic E-state index is 13.9. The zero-order valence-electron chi connectivity index (χ0n) is 20.5. The number of alkyl halides is 3. The Bertz CT molecular complexity index is 1300. The molecule has 2 aromatic rings. The second-order valence-corrected chi connectivity index (χ2v) is 11.6. The van der Waals surface area contributed by atoms with Gasteiger partial charge in [-0.25, -0.2) is 4.79 Å². The van der Waals surface area contributed by atoms with Gasteiger partial charge in [-0.05, 0) is 81.5 Å². The summed E-state index contributed by atoms with van der Waals surface area (Å²) in [6.45, 7) is 5.05. The average molecular weight is 636 g/mol. The lowest BCUT2D eigenvalue weighted by molar-refractivity contribution is -0.125. The molecule has 0 unspecified atom stereocenters. The van der Waals surface area contributed by atoms with Crippen molar-refractivity contribution in [2.24, 2.45) is 10.6 Å². The van der Waals surface area contributed by atoms with E-state index in [2.05, 4.69) is 26.4 Å². The predicted molar refractivity (Wildman–Crippen MR) is 143 cm³/mol. The molecule has 204 valence electrons. The van der Waals surface area contributed by atoms with Crippen molar-refractivity contribution in [3.05, 3.63) is 73.7 Å². The van der Waals surface area contributed by atoms with Crippen LogP contribution in [0.5, 0.6) is 0 Å². The molecule has 0 aliphatic heterocycles. The highest BCUT2D eigenvalue weighted by Gasteiger charge is 2.50. The smallest absolute Gasteiger partial charge is 0.417 e. The lowest BCUT2D eigenvalue weighted by atomic mass is 9.94. The fourth-order valence-electron chi connectivity index (χ4n) is 3.72. The van der Waals surface area contributed by atoms with E-state index >= 15 is 0 Å². The highest BCUT2D eigenvalue weighted by Crippen LogP contribution is 2.49. The van der Waals surface area contributed by atoms with E-state index in [-0.39, 0.29) is 33.3 Å². The molecule has 0 bridgehead atoms. The van der Waals surface area contributed by atoms with Crippen molar-refractivity contribution in [3.8, 4) is 0 Å². The van der Waals surface area contributed by atoms with Crippen molar-refractivity contribution in [1.29, 1.82) is 0 Å². The number of hydrogen-bond donors (Lipinski definition) is 2. The van der Waals surface area contributed by atoms with Gasteiger partial charge in [-0.15, -0.1) is 0 Å². The molecule has 1 aliphatic carbocycles. The summed E-state index contributed by atoms with van der Waals surface area (Å²) in [6, 6.07) is 8.10. The Balaban J connectivity index is 1.85. The van der Waals surface area contributed by atoms with E-state index in [9.17, 15) is 28.0 Å². The Morgan fingerprint density at radius 3 is 2.18 bits per heavy atom. The normalized spacial score (nSPS) is 15.7. The van der Waals surface area contributed by atoms with Gasteiger partial charge in [0.1, 0.15) is 11.3 Å². The van der Waals surface area contributed by atoms with Gasteiger partial charge in [0.15, 0.2) is 0 Å². The molecule has 1 fully saturated rings. The van der Waals surface area contributed by atoms with Gasteiger partial charge < -0.3 is 9.94 Å². The standard InChI is InChI=1S/C26H24BrCl2F3N2O4/c1-24(2,3)38-23(36)33-22(35)25(6-7-25)13-15-5-4-14(10-20(15)27)21(34-37)12-19(26(30,31)32)16-8-17(28)11-18(29)9-16/h4-5,8-12,37H,6-7,13H2,1-3H3,(H,33,35,36)/b19-12-,34-21-. The van der Waals surface area contributed by atoms with Crippen LogP contribution in [0, 0.1) is 5.41 Å². The Morgan fingerprint density at radius 2 is 1.71 bits per heavy atom. The van der Waals surface area contributed by atoms with Gasteiger partial charge in [0.2, 0.25) is 5.91 Å². The first-order valence-electron chi connectivity index (χ1n) is 11.3. The van der Waals surface area contributed by atoms with Gasteiger partial charge in [0.25, 0.3) is 0 Å². The largest absolute Gasteiger partial charge is 0.444 e. The number of rotatable bonds is 6. The Hall–Kier alpha value is -2.56. The van der Waals surface area contributed by atoms with E-state index in [1.54, 1.807) is 26.8 Å². The summed E-state index contributed by atoms with van der Waals surface area (Å²) < 4.78 is 47.3. The molecule has 0 heterocycles. The van der Waals surface area contributed by atoms with Gasteiger partial charge in [0.05, 0.1) is 11.0 Å². The molecule has 2 amide bonds. The minimum Gasteiger partial charge on any atom is -0.444 e. The average Bonchev–Trinajstić information content (AvgIpc) is 3.54. The molecule has 1 aliphatic rings. The van der Waals surface area contributed by atoms with E-state index < -0.39 is 34.8 Å². The quantitative estimate of drug-likeness (QED) is 0.192. The van der Waals surface area contributed by atoms with Crippen LogP contribution in [0.1, 0.15) is 50.3 Å². The molecule has 12 heteroatoms. The maximum Gasteiger partial charge on any atom is 0.417 e. The molecule has 2 N–H and O–H groups in total. The van der Waals surface area contributed by atoms with Crippen LogP contribution in [0.3, 0.4) is 0 Å². The van der Waals surface area contributed by atoms with Crippen LogP contribution in [0.2, 0.25) is 10.0 Å². The van der Waals surface area contributed by atoms with Crippen LogP contribution in [0.25, 0.3) is 5.57 Å². The Labute approximate surface area is 236 Å². The van der Waals surface area contributed by atoms with Crippen LogP contribution < -0.4 is 5.32 Å². The number of hydrogen-bond acceptors (Lipinski definition) is 5. The molecule has 38 heavy (non-hydrogen) atoms. The van der Waals surface area contributed by atoms with Crippen LogP contribution in [-0.2, 0) is 16.0 Å². The number of nitrogens with one attached hydrogen (secondary N) is 1. The number of amides is 2. The van der Waals surface area contributed by atoms with Crippen LogP contribution in [0.4, 0.5) is 18.0 Å². The van der Waals surface area contributed by atoms with Crippen molar-refractivity contribution < 1.29 is 32.7 Å². The first-order valence-corrected chi connectivity index (χ1v) is 12.9. The summed E-state index contributed by atoms with van der Waals surface area (Å²) >= 11 is 15.2. The number of imide groups is 1. The minimum absolute atomic E-state index is 0.0157. The van der Waals surface area contributed by atoms with Gasteiger partial charge in [-0.1, -0.05) is 56.4 Å². The number of benzene rings is 2. The zero-order chi connectivity index (χ0) is 28.5. The van der Waals surface area contributed by atoms with Crippen molar-refractivity contribution in [2.45, 2.75) is 51.8 Å². The number of carbonyl (C=O) groups excluding carboxylic acids is 2. The third-order valence-electron chi connectivity index (χ3n) is 5.70. The molecular formula is C26H24BrCl2F3N2O4. The highest BCUT2D eigenvalue weighted by atomic mass is 79.9. The van der Waals surface area contributed by atoms with E-state index in [0.29, 0.717) is 29.0 Å². The second-order valence-electron chi connectivity index (χ2n) is 9.92. The lowest BCUT2D eigenvalue weighted by Crippen LogP contribution is -2.41. The Morgan fingerprint density at radius 1 is 1.11 bits per heavy atom. The lowest BCUT2D eigenvalue weighted by Gasteiger charge is -2.21. The first kappa shape index (κ1) is 30.0. The number of allylic oxidation sites excluding steroid dienone is 2.